The van der Waals surface area contributed by atoms with E-state index in [0.29, 0.717) is 13.0 Å². The lowest BCUT2D eigenvalue weighted by atomic mass is 9.86. The van der Waals surface area contributed by atoms with E-state index in [2.05, 4.69) is 23.5 Å². The van der Waals surface area contributed by atoms with Crippen molar-refractivity contribution in [1.29, 1.82) is 0 Å². The number of ether oxygens (including phenoxy) is 2. The summed E-state index contributed by atoms with van der Waals surface area (Å²) < 4.78 is 10.3. The second-order valence-corrected chi connectivity index (χ2v) is 8.20. The standard InChI is InChI=1S/C22H33NO4/c1-5-26-20(24)9-7-6-8-16-10-11-17-12-13-19(15-18(17)14-16)23-21(25)27-22(2,3)4/h10-11,14,19H,5-9,12-13,15H2,1-4H3,(H,23,25)/t19-/m0/s1. The first-order valence-corrected chi connectivity index (χ1v) is 10.0. The summed E-state index contributed by atoms with van der Waals surface area (Å²) in [6.07, 6.45) is 5.66. The molecule has 1 aromatic carbocycles. The van der Waals surface area contributed by atoms with E-state index in [1.807, 2.05) is 27.7 Å². The molecule has 0 fully saturated rings. The molecule has 1 N–H and O–H groups in total. The van der Waals surface area contributed by atoms with Gasteiger partial charge in [-0.2, -0.15) is 0 Å². The third-order valence-corrected chi connectivity index (χ3v) is 4.62. The van der Waals surface area contributed by atoms with Gasteiger partial charge in [0.1, 0.15) is 5.60 Å². The van der Waals surface area contributed by atoms with Crippen molar-refractivity contribution in [3.05, 3.63) is 34.9 Å². The highest BCUT2D eigenvalue weighted by molar-refractivity contribution is 5.69. The highest BCUT2D eigenvalue weighted by atomic mass is 16.6. The van der Waals surface area contributed by atoms with Crippen molar-refractivity contribution >= 4 is 12.1 Å². The van der Waals surface area contributed by atoms with E-state index in [0.717, 1.165) is 38.5 Å². The average Bonchev–Trinajstić information content (AvgIpc) is 2.57. The fraction of sp³-hybridized carbons (Fsp3) is 0.636. The molecular weight excluding hydrogens is 342 g/mol. The van der Waals surface area contributed by atoms with Crippen LogP contribution >= 0.6 is 0 Å². The molecule has 0 spiro atoms. The number of hydrogen-bond acceptors (Lipinski definition) is 4. The predicted octanol–water partition coefficient (Wildman–Crippen LogP) is 4.34. The molecule has 1 aliphatic carbocycles. The first-order valence-electron chi connectivity index (χ1n) is 10.0. The Hall–Kier alpha value is -2.04. The maximum absolute atomic E-state index is 12.0. The number of hydrogen-bond donors (Lipinski definition) is 1. The summed E-state index contributed by atoms with van der Waals surface area (Å²) in [6.45, 7) is 7.89. The molecule has 0 bridgehead atoms. The van der Waals surface area contributed by atoms with Crippen LogP contribution in [-0.2, 0) is 33.5 Å². The van der Waals surface area contributed by atoms with E-state index in [1.54, 1.807) is 0 Å². The minimum Gasteiger partial charge on any atom is -0.466 e. The van der Waals surface area contributed by atoms with Gasteiger partial charge < -0.3 is 14.8 Å². The molecule has 1 atom stereocenters. The van der Waals surface area contributed by atoms with Crippen LogP contribution < -0.4 is 5.32 Å². The average molecular weight is 376 g/mol. The Morgan fingerprint density at radius 3 is 2.67 bits per heavy atom. The van der Waals surface area contributed by atoms with Crippen molar-refractivity contribution in [2.75, 3.05) is 6.61 Å². The highest BCUT2D eigenvalue weighted by Gasteiger charge is 2.23. The van der Waals surface area contributed by atoms with Crippen molar-refractivity contribution in [1.82, 2.24) is 5.32 Å². The number of unbranched alkanes of at least 4 members (excludes halogenated alkanes) is 1. The zero-order chi connectivity index (χ0) is 19.9. The normalized spacial score (nSPS) is 16.4. The van der Waals surface area contributed by atoms with Crippen LogP contribution in [0.3, 0.4) is 0 Å². The molecule has 5 nitrogen and oxygen atoms in total. The third-order valence-electron chi connectivity index (χ3n) is 4.62. The van der Waals surface area contributed by atoms with Crippen LogP contribution in [-0.4, -0.2) is 30.3 Å². The minimum absolute atomic E-state index is 0.112. The zero-order valence-electron chi connectivity index (χ0n) is 17.1. The summed E-state index contributed by atoms with van der Waals surface area (Å²) in [5.74, 6) is -0.112. The van der Waals surface area contributed by atoms with Gasteiger partial charge in [0.2, 0.25) is 0 Å². The van der Waals surface area contributed by atoms with Crippen LogP contribution in [0.4, 0.5) is 4.79 Å². The number of rotatable bonds is 7. The van der Waals surface area contributed by atoms with Crippen molar-refractivity contribution < 1.29 is 19.1 Å². The van der Waals surface area contributed by atoms with E-state index in [4.69, 9.17) is 9.47 Å². The fourth-order valence-corrected chi connectivity index (χ4v) is 3.39. The summed E-state index contributed by atoms with van der Waals surface area (Å²) in [6, 6.07) is 6.76. The number of carbonyl (C=O) groups excluding carboxylic acids is 2. The van der Waals surface area contributed by atoms with E-state index in [9.17, 15) is 9.59 Å². The second-order valence-electron chi connectivity index (χ2n) is 8.20. The molecular formula is C22H33NO4. The number of fused-ring (bicyclic) bond motifs is 1. The Morgan fingerprint density at radius 2 is 1.96 bits per heavy atom. The quantitative estimate of drug-likeness (QED) is 0.569. The van der Waals surface area contributed by atoms with Crippen LogP contribution in [0.5, 0.6) is 0 Å². The second kappa shape index (κ2) is 9.77. The number of benzene rings is 1. The van der Waals surface area contributed by atoms with Gasteiger partial charge in [-0.1, -0.05) is 18.2 Å². The SMILES string of the molecule is CCOC(=O)CCCCc1ccc2c(c1)C[C@@H](NC(=O)OC(C)(C)C)CC2. The summed E-state index contributed by atoms with van der Waals surface area (Å²) >= 11 is 0. The molecule has 0 unspecified atom stereocenters. The maximum Gasteiger partial charge on any atom is 0.407 e. The van der Waals surface area contributed by atoms with E-state index in [1.165, 1.54) is 16.7 Å². The molecule has 27 heavy (non-hydrogen) atoms. The Bertz CT molecular complexity index is 648. The Morgan fingerprint density at radius 1 is 1.19 bits per heavy atom. The molecule has 0 aliphatic heterocycles. The van der Waals surface area contributed by atoms with Crippen molar-refractivity contribution in [3.8, 4) is 0 Å². The van der Waals surface area contributed by atoms with E-state index in [-0.39, 0.29) is 18.1 Å². The summed E-state index contributed by atoms with van der Waals surface area (Å²) in [7, 11) is 0. The molecule has 1 amide bonds. The molecule has 0 aromatic heterocycles. The zero-order valence-corrected chi connectivity index (χ0v) is 17.1. The minimum atomic E-state index is -0.479. The predicted molar refractivity (Wildman–Crippen MR) is 106 cm³/mol. The Balaban J connectivity index is 1.83. The maximum atomic E-state index is 12.0. The highest BCUT2D eigenvalue weighted by Crippen LogP contribution is 2.24. The van der Waals surface area contributed by atoms with Gasteiger partial charge in [-0.05, 0) is 82.9 Å². The monoisotopic (exact) mass is 375 g/mol. The largest absolute Gasteiger partial charge is 0.466 e. The first-order chi connectivity index (χ1) is 12.8. The van der Waals surface area contributed by atoms with Crippen LogP contribution in [0.1, 0.15) is 70.1 Å². The number of esters is 1. The third kappa shape index (κ3) is 7.61. The van der Waals surface area contributed by atoms with E-state index >= 15 is 0 Å². The van der Waals surface area contributed by atoms with Gasteiger partial charge in [0, 0.05) is 12.5 Å². The first kappa shape index (κ1) is 21.3. The van der Waals surface area contributed by atoms with Crippen molar-refractivity contribution in [2.24, 2.45) is 0 Å². The number of alkyl carbamates (subject to hydrolysis) is 1. The fourth-order valence-electron chi connectivity index (χ4n) is 3.39. The smallest absolute Gasteiger partial charge is 0.407 e. The topological polar surface area (TPSA) is 64.6 Å². The molecule has 0 saturated heterocycles. The van der Waals surface area contributed by atoms with Crippen LogP contribution in [0.15, 0.2) is 18.2 Å². The Kier molecular flexibility index (Phi) is 7.69. The Labute approximate surface area is 162 Å². The van der Waals surface area contributed by atoms with Crippen molar-refractivity contribution in [2.45, 2.75) is 84.3 Å². The molecule has 5 heteroatoms. The van der Waals surface area contributed by atoms with Crippen LogP contribution in [0.2, 0.25) is 0 Å². The molecule has 0 heterocycles. The molecule has 150 valence electrons. The van der Waals surface area contributed by atoms with Gasteiger partial charge in [-0.25, -0.2) is 4.79 Å². The van der Waals surface area contributed by atoms with Crippen LogP contribution in [0.25, 0.3) is 0 Å². The number of nitrogens with one attached hydrogen (secondary N) is 1. The van der Waals surface area contributed by atoms with Gasteiger partial charge in [0.25, 0.3) is 0 Å². The van der Waals surface area contributed by atoms with Gasteiger partial charge in [-0.3, -0.25) is 4.79 Å². The van der Waals surface area contributed by atoms with Gasteiger partial charge >= 0.3 is 12.1 Å². The lowest BCUT2D eigenvalue weighted by molar-refractivity contribution is -0.143. The summed E-state index contributed by atoms with van der Waals surface area (Å²) in [5.41, 5.74) is 3.49. The van der Waals surface area contributed by atoms with Gasteiger partial charge in [-0.15, -0.1) is 0 Å². The van der Waals surface area contributed by atoms with Crippen molar-refractivity contribution in [3.63, 3.8) is 0 Å². The molecule has 2 rings (SSSR count). The number of amides is 1. The number of aryl methyl sites for hydroxylation is 2. The van der Waals surface area contributed by atoms with Gasteiger partial charge in [0.05, 0.1) is 6.61 Å². The molecule has 0 saturated carbocycles. The van der Waals surface area contributed by atoms with Crippen LogP contribution in [0, 0.1) is 0 Å². The molecule has 0 radical (unpaired) electrons. The lowest BCUT2D eigenvalue weighted by Crippen LogP contribution is -2.41. The summed E-state index contributed by atoms with van der Waals surface area (Å²) in [4.78, 5) is 23.4. The number of carbonyl (C=O) groups is 2. The van der Waals surface area contributed by atoms with E-state index < -0.39 is 5.60 Å². The lowest BCUT2D eigenvalue weighted by Gasteiger charge is -2.27. The van der Waals surface area contributed by atoms with Gasteiger partial charge in [0.15, 0.2) is 0 Å². The molecule has 1 aliphatic rings. The summed E-state index contributed by atoms with van der Waals surface area (Å²) in [5, 5.41) is 3.00. The molecule has 1 aromatic rings.